The van der Waals surface area contributed by atoms with Gasteiger partial charge in [-0.05, 0) is 55.2 Å². The van der Waals surface area contributed by atoms with Gasteiger partial charge in [-0.25, -0.2) is 4.98 Å². The van der Waals surface area contributed by atoms with Gasteiger partial charge in [-0.3, -0.25) is 4.79 Å². The Morgan fingerprint density at radius 1 is 1.16 bits per heavy atom. The Balaban J connectivity index is 1.12. The van der Waals surface area contributed by atoms with E-state index in [9.17, 15) is 18.0 Å². The number of para-hydroxylation sites is 2. The molecule has 5 rings (SSSR count). The van der Waals surface area contributed by atoms with E-state index >= 15 is 0 Å². The van der Waals surface area contributed by atoms with Crippen molar-refractivity contribution < 1.29 is 18.0 Å². The number of anilines is 1. The first-order valence-corrected chi connectivity index (χ1v) is 10.5. The minimum Gasteiger partial charge on any atom is -0.369 e. The monoisotopic (exact) mass is 428 g/mol. The Bertz CT molecular complexity index is 1060. The fraction of sp³-hybridized carbons (Fsp3) is 0.391. The number of amides is 1. The second-order valence-electron chi connectivity index (χ2n) is 8.49. The van der Waals surface area contributed by atoms with Crippen LogP contribution in [0.15, 0.2) is 48.5 Å². The van der Waals surface area contributed by atoms with Crippen molar-refractivity contribution in [3.8, 4) is 0 Å². The van der Waals surface area contributed by atoms with Gasteiger partial charge in [0.25, 0.3) is 0 Å². The van der Waals surface area contributed by atoms with Crippen LogP contribution in [0.4, 0.5) is 18.9 Å². The number of hydrogen-bond donors (Lipinski definition) is 2. The topological polar surface area (TPSA) is 61.0 Å². The quantitative estimate of drug-likeness (QED) is 0.630. The molecule has 1 aliphatic heterocycles. The molecular formula is C23H23F3N4O. The van der Waals surface area contributed by atoms with Crippen molar-refractivity contribution in [2.45, 2.75) is 37.4 Å². The van der Waals surface area contributed by atoms with Gasteiger partial charge in [0.1, 0.15) is 5.82 Å². The van der Waals surface area contributed by atoms with E-state index in [4.69, 9.17) is 0 Å². The van der Waals surface area contributed by atoms with Crippen molar-refractivity contribution in [3.63, 3.8) is 0 Å². The highest BCUT2D eigenvalue weighted by Gasteiger charge is 2.42. The number of carbonyl (C=O) groups excluding carboxylic acids is 1. The van der Waals surface area contributed by atoms with E-state index in [0.717, 1.165) is 47.5 Å². The number of hydrogen-bond acceptors (Lipinski definition) is 3. The molecule has 3 atom stereocenters. The summed E-state index contributed by atoms with van der Waals surface area (Å²) in [5, 5.41) is 3.09. The number of fused-ring (bicyclic) bond motifs is 1. The molecule has 0 unspecified atom stereocenters. The Morgan fingerprint density at radius 2 is 1.94 bits per heavy atom. The molecule has 8 heteroatoms. The number of alkyl halides is 3. The predicted octanol–water partition coefficient (Wildman–Crippen LogP) is 4.47. The lowest BCUT2D eigenvalue weighted by molar-refractivity contribution is -0.137. The predicted molar refractivity (Wildman–Crippen MR) is 112 cm³/mol. The number of rotatable bonds is 5. The highest BCUT2D eigenvalue weighted by molar-refractivity contribution is 5.78. The first kappa shape index (κ1) is 19.9. The summed E-state index contributed by atoms with van der Waals surface area (Å²) in [6, 6.07) is 13.1. The highest BCUT2D eigenvalue weighted by atomic mass is 19.4. The van der Waals surface area contributed by atoms with Gasteiger partial charge < -0.3 is 15.2 Å². The average Bonchev–Trinajstić information content (AvgIpc) is 3.14. The van der Waals surface area contributed by atoms with Gasteiger partial charge in [-0.2, -0.15) is 13.2 Å². The van der Waals surface area contributed by atoms with E-state index in [1.807, 2.05) is 29.2 Å². The smallest absolute Gasteiger partial charge is 0.369 e. The van der Waals surface area contributed by atoms with Crippen LogP contribution in [0.25, 0.3) is 11.0 Å². The molecule has 2 heterocycles. The molecule has 2 aromatic carbocycles. The third kappa shape index (κ3) is 4.24. The van der Waals surface area contributed by atoms with Crippen LogP contribution in [-0.4, -0.2) is 35.0 Å². The van der Waals surface area contributed by atoms with Crippen LogP contribution in [0, 0.1) is 5.92 Å². The van der Waals surface area contributed by atoms with Gasteiger partial charge in [0.15, 0.2) is 0 Å². The third-order valence-electron chi connectivity index (χ3n) is 6.24. The summed E-state index contributed by atoms with van der Waals surface area (Å²) >= 11 is 0. The number of benzene rings is 2. The lowest BCUT2D eigenvalue weighted by Gasteiger charge is -2.20. The summed E-state index contributed by atoms with van der Waals surface area (Å²) in [5.74, 6) is 1.58. The van der Waals surface area contributed by atoms with Crippen molar-refractivity contribution in [1.82, 2.24) is 15.3 Å². The maximum Gasteiger partial charge on any atom is 0.416 e. The Labute approximate surface area is 177 Å². The Morgan fingerprint density at radius 3 is 2.68 bits per heavy atom. The number of carbonyl (C=O) groups is 1. The summed E-state index contributed by atoms with van der Waals surface area (Å²) in [6.45, 7) is 1.32. The normalized spacial score (nSPS) is 23.3. The van der Waals surface area contributed by atoms with Crippen molar-refractivity contribution in [2.24, 2.45) is 5.92 Å². The molecule has 0 radical (unpaired) electrons. The first-order valence-electron chi connectivity index (χ1n) is 10.5. The Hall–Kier alpha value is -3.03. The lowest BCUT2D eigenvalue weighted by Crippen LogP contribution is -2.37. The number of H-pyrrole nitrogens is 1. The maximum absolute atomic E-state index is 12.7. The van der Waals surface area contributed by atoms with Crippen LogP contribution < -0.4 is 10.2 Å². The second kappa shape index (κ2) is 7.59. The van der Waals surface area contributed by atoms with Crippen LogP contribution in [0.5, 0.6) is 0 Å². The molecule has 0 spiro atoms. The SMILES string of the molecule is O=C(C[C@@H]1C[C@H]1c1nc2ccccc2[nH]1)N[C@H]1CCN(c2ccc(C(F)(F)F)cc2)C1. The van der Waals surface area contributed by atoms with E-state index in [0.29, 0.717) is 31.3 Å². The van der Waals surface area contributed by atoms with Crippen LogP contribution in [-0.2, 0) is 11.0 Å². The van der Waals surface area contributed by atoms with E-state index in [1.165, 1.54) is 12.1 Å². The van der Waals surface area contributed by atoms with Crippen molar-refractivity contribution >= 4 is 22.6 Å². The molecular weight excluding hydrogens is 405 g/mol. The summed E-state index contributed by atoms with van der Waals surface area (Å²) in [4.78, 5) is 22.5. The minimum atomic E-state index is -4.33. The summed E-state index contributed by atoms with van der Waals surface area (Å²) in [5.41, 5.74) is 2.06. The lowest BCUT2D eigenvalue weighted by atomic mass is 10.2. The molecule has 31 heavy (non-hydrogen) atoms. The second-order valence-corrected chi connectivity index (χ2v) is 8.49. The van der Waals surface area contributed by atoms with Gasteiger partial charge in [-0.1, -0.05) is 12.1 Å². The number of aromatic amines is 1. The molecule has 0 bridgehead atoms. The summed E-state index contributed by atoms with van der Waals surface area (Å²) < 4.78 is 38.2. The van der Waals surface area contributed by atoms with E-state index < -0.39 is 11.7 Å². The van der Waals surface area contributed by atoms with E-state index in [-0.39, 0.29) is 11.9 Å². The number of nitrogens with one attached hydrogen (secondary N) is 2. The van der Waals surface area contributed by atoms with E-state index in [2.05, 4.69) is 15.3 Å². The number of aromatic nitrogens is 2. The zero-order chi connectivity index (χ0) is 21.6. The maximum atomic E-state index is 12.7. The average molecular weight is 428 g/mol. The Kier molecular flexibility index (Phi) is 4.87. The number of imidazole rings is 1. The molecule has 2 fully saturated rings. The van der Waals surface area contributed by atoms with Crippen LogP contribution in [0.1, 0.15) is 36.6 Å². The first-order chi connectivity index (χ1) is 14.9. The zero-order valence-electron chi connectivity index (χ0n) is 16.8. The third-order valence-corrected chi connectivity index (χ3v) is 6.24. The molecule has 1 aromatic heterocycles. The van der Waals surface area contributed by atoms with Crippen LogP contribution in [0.2, 0.25) is 0 Å². The molecule has 2 aliphatic rings. The standard InChI is InChI=1S/C23H23F3N4O/c24-23(25,26)15-5-7-17(8-6-15)30-10-9-16(13-30)27-21(31)12-14-11-18(14)22-28-19-3-1-2-4-20(19)29-22/h1-8,14,16,18H,9-13H2,(H,27,31)(H,28,29)/t14-,16-,18+/m0/s1. The van der Waals surface area contributed by atoms with Gasteiger partial charge >= 0.3 is 6.18 Å². The molecule has 1 saturated heterocycles. The zero-order valence-corrected chi connectivity index (χ0v) is 16.8. The van der Waals surface area contributed by atoms with Crippen molar-refractivity contribution in [3.05, 3.63) is 59.9 Å². The fourth-order valence-corrected chi connectivity index (χ4v) is 4.45. The van der Waals surface area contributed by atoms with Gasteiger partial charge in [-0.15, -0.1) is 0 Å². The highest BCUT2D eigenvalue weighted by Crippen LogP contribution is 2.48. The van der Waals surface area contributed by atoms with Crippen LogP contribution >= 0.6 is 0 Å². The van der Waals surface area contributed by atoms with Crippen molar-refractivity contribution in [1.29, 1.82) is 0 Å². The fourth-order valence-electron chi connectivity index (χ4n) is 4.45. The molecule has 1 amide bonds. The van der Waals surface area contributed by atoms with E-state index in [1.54, 1.807) is 0 Å². The number of halogens is 3. The molecule has 162 valence electrons. The molecule has 5 nitrogen and oxygen atoms in total. The van der Waals surface area contributed by atoms with Gasteiger partial charge in [0.2, 0.25) is 5.91 Å². The van der Waals surface area contributed by atoms with Crippen LogP contribution in [0.3, 0.4) is 0 Å². The molecule has 1 saturated carbocycles. The van der Waals surface area contributed by atoms with Gasteiger partial charge in [0.05, 0.1) is 16.6 Å². The summed E-state index contributed by atoms with van der Waals surface area (Å²) in [6.07, 6.45) is -2.12. The largest absolute Gasteiger partial charge is 0.416 e. The number of nitrogens with zero attached hydrogens (tertiary/aromatic N) is 2. The molecule has 2 N–H and O–H groups in total. The molecule has 1 aliphatic carbocycles. The van der Waals surface area contributed by atoms with Gasteiger partial charge in [0, 0.05) is 37.2 Å². The summed E-state index contributed by atoms with van der Waals surface area (Å²) in [7, 11) is 0. The minimum absolute atomic E-state index is 0.0122. The molecule has 3 aromatic rings. The van der Waals surface area contributed by atoms with Crippen molar-refractivity contribution in [2.75, 3.05) is 18.0 Å².